The molecule has 2 N–H and O–H groups in total. The molecule has 3 rings (SSSR count). The molecule has 0 spiro atoms. The van der Waals surface area contributed by atoms with Crippen LogP contribution in [-0.2, 0) is 9.53 Å². The van der Waals surface area contributed by atoms with E-state index in [9.17, 15) is 4.79 Å². The number of aliphatic imine (C=N–C) groups is 1. The minimum atomic E-state index is 0. The first kappa shape index (κ1) is 27.6. The first-order valence-electron chi connectivity index (χ1n) is 12.7. The van der Waals surface area contributed by atoms with Crippen LogP contribution in [0.15, 0.2) is 4.99 Å². The summed E-state index contributed by atoms with van der Waals surface area (Å²) in [4.78, 5) is 22.5. The highest BCUT2D eigenvalue weighted by Gasteiger charge is 2.32. The highest BCUT2D eigenvalue weighted by atomic mass is 127. The smallest absolute Gasteiger partial charge is 0.225 e. The molecule has 2 heterocycles. The molecular formula is C24H46IN5O2. The maximum Gasteiger partial charge on any atom is 0.225 e. The van der Waals surface area contributed by atoms with E-state index in [1.54, 1.807) is 0 Å². The van der Waals surface area contributed by atoms with Crippen LogP contribution >= 0.6 is 24.0 Å². The zero-order valence-corrected chi connectivity index (χ0v) is 22.8. The summed E-state index contributed by atoms with van der Waals surface area (Å²) in [5.74, 6) is 2.18. The van der Waals surface area contributed by atoms with Crippen molar-refractivity contribution in [3.8, 4) is 0 Å². The highest BCUT2D eigenvalue weighted by Crippen LogP contribution is 2.26. The molecule has 32 heavy (non-hydrogen) atoms. The van der Waals surface area contributed by atoms with Crippen LogP contribution in [-0.4, -0.2) is 86.2 Å². The molecule has 1 aliphatic carbocycles. The van der Waals surface area contributed by atoms with Crippen molar-refractivity contribution in [3.05, 3.63) is 0 Å². The van der Waals surface area contributed by atoms with E-state index in [1.807, 2.05) is 0 Å². The molecular weight excluding hydrogens is 517 g/mol. The second-order valence-corrected chi connectivity index (χ2v) is 9.90. The van der Waals surface area contributed by atoms with Crippen molar-refractivity contribution in [2.24, 2.45) is 16.8 Å². The first-order chi connectivity index (χ1) is 15.1. The van der Waals surface area contributed by atoms with Crippen LogP contribution in [0.1, 0.15) is 65.7 Å². The normalized spacial score (nSPS) is 24.3. The van der Waals surface area contributed by atoms with Gasteiger partial charge in [0, 0.05) is 50.7 Å². The summed E-state index contributed by atoms with van der Waals surface area (Å²) in [7, 11) is 0. The number of likely N-dealkylation sites (tertiary alicyclic amines) is 1. The number of halogens is 1. The lowest BCUT2D eigenvalue weighted by Gasteiger charge is -2.34. The van der Waals surface area contributed by atoms with E-state index in [-0.39, 0.29) is 35.9 Å². The van der Waals surface area contributed by atoms with Gasteiger partial charge in [-0.05, 0) is 38.5 Å². The van der Waals surface area contributed by atoms with E-state index in [4.69, 9.17) is 9.73 Å². The molecule has 3 aliphatic rings. The van der Waals surface area contributed by atoms with Gasteiger partial charge in [-0.3, -0.25) is 14.7 Å². The maximum absolute atomic E-state index is 12.9. The van der Waals surface area contributed by atoms with Crippen LogP contribution in [0.3, 0.4) is 0 Å². The number of carbonyl (C=O) groups excluding carboxylic acids is 1. The lowest BCUT2D eigenvalue weighted by Crippen LogP contribution is -2.48. The van der Waals surface area contributed by atoms with Gasteiger partial charge in [-0.25, -0.2) is 0 Å². The van der Waals surface area contributed by atoms with Gasteiger partial charge in [-0.15, -0.1) is 24.0 Å². The third-order valence-electron chi connectivity index (χ3n) is 6.91. The molecule has 0 radical (unpaired) electrons. The van der Waals surface area contributed by atoms with Gasteiger partial charge in [0.2, 0.25) is 5.91 Å². The Balaban J connectivity index is 0.00000363. The molecule has 3 fully saturated rings. The quantitative estimate of drug-likeness (QED) is 0.270. The Bertz CT molecular complexity index is 577. The summed E-state index contributed by atoms with van der Waals surface area (Å²) in [6.07, 6.45) is 8.02. The van der Waals surface area contributed by atoms with E-state index in [1.165, 1.54) is 19.3 Å². The van der Waals surface area contributed by atoms with E-state index in [2.05, 4.69) is 41.2 Å². The summed E-state index contributed by atoms with van der Waals surface area (Å²) >= 11 is 0. The minimum Gasteiger partial charge on any atom is -0.379 e. The predicted octanol–water partition coefficient (Wildman–Crippen LogP) is 3.09. The number of morpholine rings is 1. The molecule has 1 saturated carbocycles. The van der Waals surface area contributed by atoms with E-state index < -0.39 is 0 Å². The molecule has 7 nitrogen and oxygen atoms in total. The average Bonchev–Trinajstić information content (AvgIpc) is 3.25. The van der Waals surface area contributed by atoms with Crippen molar-refractivity contribution in [2.75, 3.05) is 52.5 Å². The molecule has 1 amide bonds. The molecule has 186 valence electrons. The molecule has 2 saturated heterocycles. The molecule has 2 aliphatic heterocycles. The molecule has 2 unspecified atom stereocenters. The fraction of sp³-hybridized carbons (Fsp3) is 0.917. The topological polar surface area (TPSA) is 69.2 Å². The van der Waals surface area contributed by atoms with Crippen molar-refractivity contribution >= 4 is 35.8 Å². The van der Waals surface area contributed by atoms with E-state index in [0.29, 0.717) is 17.9 Å². The zero-order chi connectivity index (χ0) is 22.1. The molecule has 0 aromatic rings. The van der Waals surface area contributed by atoms with Gasteiger partial charge in [0.05, 0.1) is 19.8 Å². The van der Waals surface area contributed by atoms with Crippen LogP contribution in [0.5, 0.6) is 0 Å². The monoisotopic (exact) mass is 563 g/mol. The Morgan fingerprint density at radius 1 is 1.09 bits per heavy atom. The Morgan fingerprint density at radius 3 is 2.47 bits per heavy atom. The zero-order valence-electron chi connectivity index (χ0n) is 20.5. The van der Waals surface area contributed by atoms with Crippen molar-refractivity contribution in [1.82, 2.24) is 20.4 Å². The Labute approximate surface area is 212 Å². The van der Waals surface area contributed by atoms with Gasteiger partial charge in [-0.2, -0.15) is 0 Å². The molecule has 2 atom stereocenters. The Kier molecular flexibility index (Phi) is 12.6. The number of guanidine groups is 1. The largest absolute Gasteiger partial charge is 0.379 e. The lowest BCUT2D eigenvalue weighted by atomic mass is 9.88. The van der Waals surface area contributed by atoms with Crippen LogP contribution in [0.2, 0.25) is 0 Å². The Hall–Kier alpha value is -0.610. The third-order valence-corrected chi connectivity index (χ3v) is 6.91. The second kappa shape index (κ2) is 14.6. The minimum absolute atomic E-state index is 0. The molecule has 8 heteroatoms. The summed E-state index contributed by atoms with van der Waals surface area (Å²) in [5, 5.41) is 7.04. The maximum atomic E-state index is 12.9. The number of hydrogen-bond acceptors (Lipinski definition) is 4. The number of hydrogen-bond donors (Lipinski definition) is 2. The fourth-order valence-corrected chi connectivity index (χ4v) is 5.22. The van der Waals surface area contributed by atoms with Crippen molar-refractivity contribution in [1.29, 1.82) is 0 Å². The van der Waals surface area contributed by atoms with Gasteiger partial charge >= 0.3 is 0 Å². The highest BCUT2D eigenvalue weighted by molar-refractivity contribution is 14.0. The summed E-state index contributed by atoms with van der Waals surface area (Å²) in [5.41, 5.74) is 0. The van der Waals surface area contributed by atoms with Crippen molar-refractivity contribution in [3.63, 3.8) is 0 Å². The number of nitrogens with one attached hydrogen (secondary N) is 2. The molecule has 0 bridgehead atoms. The number of carbonyl (C=O) groups is 1. The van der Waals surface area contributed by atoms with Crippen LogP contribution in [0, 0.1) is 11.8 Å². The van der Waals surface area contributed by atoms with Gasteiger partial charge < -0.3 is 20.3 Å². The number of ether oxygens (including phenoxy) is 1. The number of nitrogens with zero attached hydrogens (tertiary/aromatic N) is 3. The molecule has 0 aromatic heterocycles. The van der Waals surface area contributed by atoms with Gasteiger partial charge in [0.15, 0.2) is 5.96 Å². The van der Waals surface area contributed by atoms with Gasteiger partial charge in [-0.1, -0.05) is 33.1 Å². The summed E-state index contributed by atoms with van der Waals surface area (Å²) in [6, 6.07) is 0.740. The van der Waals surface area contributed by atoms with E-state index >= 15 is 0 Å². The predicted molar refractivity (Wildman–Crippen MR) is 142 cm³/mol. The first-order valence-corrected chi connectivity index (χ1v) is 12.7. The van der Waals surface area contributed by atoms with E-state index in [0.717, 1.165) is 84.1 Å². The molecule has 0 aromatic carbocycles. The van der Waals surface area contributed by atoms with Crippen LogP contribution in [0.25, 0.3) is 0 Å². The standard InChI is InChI=1S/C24H45N5O2.HI/c1-4-25-24(26-17-22(16-19(2)3)28-12-14-31-15-13-28)27-21-10-11-29(18-21)23(30)20-8-6-5-7-9-20;/h19-22H,4-18H2,1-3H3,(H2,25,26,27);1H. The average molecular weight is 564 g/mol. The Morgan fingerprint density at radius 2 is 1.81 bits per heavy atom. The number of rotatable bonds is 8. The summed E-state index contributed by atoms with van der Waals surface area (Å²) in [6.45, 7) is 13.6. The van der Waals surface area contributed by atoms with Crippen molar-refractivity contribution < 1.29 is 9.53 Å². The third kappa shape index (κ3) is 8.63. The van der Waals surface area contributed by atoms with Gasteiger partial charge in [0.1, 0.15) is 0 Å². The fourth-order valence-electron chi connectivity index (χ4n) is 5.22. The lowest BCUT2D eigenvalue weighted by molar-refractivity contribution is -0.135. The van der Waals surface area contributed by atoms with Crippen LogP contribution in [0.4, 0.5) is 0 Å². The number of amides is 1. The van der Waals surface area contributed by atoms with Crippen LogP contribution < -0.4 is 10.6 Å². The SMILES string of the molecule is CCNC(=NCC(CC(C)C)N1CCOCC1)NC1CCN(C(=O)C2CCCCC2)C1.I. The van der Waals surface area contributed by atoms with Crippen molar-refractivity contribution in [2.45, 2.75) is 77.8 Å². The van der Waals surface area contributed by atoms with Gasteiger partial charge in [0.25, 0.3) is 0 Å². The summed E-state index contributed by atoms with van der Waals surface area (Å²) < 4.78 is 5.55. The second-order valence-electron chi connectivity index (χ2n) is 9.90.